The van der Waals surface area contributed by atoms with Crippen LogP contribution in [0.25, 0.3) is 11.4 Å². The third kappa shape index (κ3) is 3.70. The molecule has 5 aromatic rings. The average molecular weight is 515 g/mol. The van der Waals surface area contributed by atoms with E-state index in [1.807, 2.05) is 24.3 Å². The number of nitrogens with zero attached hydrogens (tertiary/aromatic N) is 2. The van der Waals surface area contributed by atoms with E-state index in [1.54, 1.807) is 0 Å². The first-order valence-electron chi connectivity index (χ1n) is 10.4. The minimum atomic E-state index is -2.11. The van der Waals surface area contributed by atoms with E-state index in [0.29, 0.717) is 0 Å². The van der Waals surface area contributed by atoms with Crippen LogP contribution in [0.4, 0.5) is 0 Å². The molecule has 0 bridgehead atoms. The molecule has 156 valence electrons. The molecule has 0 aliphatic rings. The predicted octanol–water partition coefficient (Wildman–Crippen LogP) is 5.37. The quantitative estimate of drug-likeness (QED) is 0.174. The molecule has 0 saturated heterocycles. The molecule has 0 radical (unpaired) electrons. The fourth-order valence-corrected chi connectivity index (χ4v) is 9.49. The Bertz CT molecular complexity index is 1400. The van der Waals surface area contributed by atoms with Gasteiger partial charge in [-0.2, -0.15) is 0 Å². The van der Waals surface area contributed by atoms with Crippen molar-refractivity contribution in [2.75, 3.05) is 0 Å². The number of rotatable bonds is 5. The van der Waals surface area contributed by atoms with E-state index in [0.717, 1.165) is 16.1 Å². The molecule has 1 aromatic heterocycles. The maximum absolute atomic E-state index is 6.08. The van der Waals surface area contributed by atoms with Crippen LogP contribution in [0.5, 0.6) is 0 Å². The minimum absolute atomic E-state index is 0.754. The first kappa shape index (κ1) is 21.1. The number of para-hydroxylation sites is 2. The van der Waals surface area contributed by atoms with Crippen molar-refractivity contribution in [1.82, 2.24) is 9.13 Å². The summed E-state index contributed by atoms with van der Waals surface area (Å²) in [6.07, 6.45) is 2.22. The van der Waals surface area contributed by atoms with Crippen molar-refractivity contribution in [1.29, 1.82) is 0 Å². The Balaban J connectivity index is 1.89. The van der Waals surface area contributed by atoms with Crippen molar-refractivity contribution < 1.29 is 0 Å². The van der Waals surface area contributed by atoms with Gasteiger partial charge in [0.1, 0.15) is 0 Å². The summed E-state index contributed by atoms with van der Waals surface area (Å²) in [5.41, 5.74) is 1.19. The molecule has 1 heterocycles. The fraction of sp³-hybridized carbons (Fsp3) is 0. The molecular formula is C27H21N2PSSe. The van der Waals surface area contributed by atoms with Gasteiger partial charge in [0.15, 0.2) is 0 Å². The van der Waals surface area contributed by atoms with Crippen LogP contribution in [0.1, 0.15) is 0 Å². The molecule has 0 aliphatic carbocycles. The summed E-state index contributed by atoms with van der Waals surface area (Å²) < 4.78 is 5.10. The Kier molecular flexibility index (Phi) is 5.95. The Hall–Kier alpha value is -2.74. The molecule has 0 saturated carbocycles. The van der Waals surface area contributed by atoms with Crippen LogP contribution in [-0.2, 0) is 0 Å². The summed E-state index contributed by atoms with van der Waals surface area (Å²) >= 11 is 9.75. The summed E-state index contributed by atoms with van der Waals surface area (Å²) in [6, 6.07) is 42.2. The van der Waals surface area contributed by atoms with Crippen molar-refractivity contribution in [2.24, 2.45) is 0 Å². The molecule has 5 heteroatoms. The Morgan fingerprint density at radius 1 is 0.562 bits per heavy atom. The fourth-order valence-electron chi connectivity index (χ4n) is 3.94. The van der Waals surface area contributed by atoms with Gasteiger partial charge in [-0.25, -0.2) is 0 Å². The standard InChI is InChI=1S/C27H21N2PSSe/c31-27-28(22-13-5-1-6-14-22)21-26(29(27)23-15-7-2-8-16-23)30(32,24-17-9-3-10-18-24)25-19-11-4-12-20-25/h1-21H. The van der Waals surface area contributed by atoms with E-state index in [4.69, 9.17) is 12.2 Å². The maximum atomic E-state index is 6.08. The van der Waals surface area contributed by atoms with Gasteiger partial charge in [0, 0.05) is 0 Å². The summed E-state index contributed by atoms with van der Waals surface area (Å²) in [5.74, 6) is 0. The molecule has 4 aromatic carbocycles. The van der Waals surface area contributed by atoms with Crippen LogP contribution in [0.15, 0.2) is 128 Å². The number of hydrogen-bond donors (Lipinski definition) is 0. The normalized spacial score (nSPS) is 11.4. The SMILES string of the molecule is S=c1n(-c2ccccc2)cc(P(=[Se])(c2ccccc2)c2ccccc2)n1-c1ccccc1. The summed E-state index contributed by atoms with van der Waals surface area (Å²) in [4.78, 5) is 0. The Labute approximate surface area is 201 Å². The summed E-state index contributed by atoms with van der Waals surface area (Å²) in [5, 5.41) is 2.55. The average Bonchev–Trinajstić information content (AvgIpc) is 3.23. The Morgan fingerprint density at radius 2 is 0.969 bits per heavy atom. The second kappa shape index (κ2) is 9.02. The summed E-state index contributed by atoms with van der Waals surface area (Å²) in [7, 11) is 0. The van der Waals surface area contributed by atoms with Crippen molar-refractivity contribution in [3.8, 4) is 11.4 Å². The van der Waals surface area contributed by atoms with E-state index in [2.05, 4.69) is 127 Å². The monoisotopic (exact) mass is 516 g/mol. The number of hydrogen-bond acceptors (Lipinski definition) is 1. The van der Waals surface area contributed by atoms with Gasteiger partial charge < -0.3 is 0 Å². The number of imidazole rings is 1. The van der Waals surface area contributed by atoms with Crippen LogP contribution in [0.2, 0.25) is 0 Å². The van der Waals surface area contributed by atoms with Gasteiger partial charge in [-0.3, -0.25) is 0 Å². The van der Waals surface area contributed by atoms with Gasteiger partial charge >= 0.3 is 202 Å². The van der Waals surface area contributed by atoms with Crippen LogP contribution >= 0.6 is 17.7 Å². The first-order chi connectivity index (χ1) is 15.7. The van der Waals surface area contributed by atoms with Crippen molar-refractivity contribution in [2.45, 2.75) is 0 Å². The van der Waals surface area contributed by atoms with Crippen LogP contribution < -0.4 is 16.0 Å². The second-order valence-corrected chi connectivity index (χ2v) is 13.9. The first-order valence-corrected chi connectivity index (χ1v) is 14.8. The molecule has 0 fully saturated rings. The van der Waals surface area contributed by atoms with E-state index in [1.165, 1.54) is 16.0 Å². The molecule has 0 unspecified atom stereocenters. The van der Waals surface area contributed by atoms with Gasteiger partial charge in [0.2, 0.25) is 0 Å². The third-order valence-electron chi connectivity index (χ3n) is 5.48. The van der Waals surface area contributed by atoms with Gasteiger partial charge in [-0.15, -0.1) is 0 Å². The van der Waals surface area contributed by atoms with Gasteiger partial charge in [0.05, 0.1) is 0 Å². The van der Waals surface area contributed by atoms with E-state index in [-0.39, 0.29) is 0 Å². The topological polar surface area (TPSA) is 9.86 Å². The molecule has 0 N–H and O–H groups in total. The van der Waals surface area contributed by atoms with Crippen molar-refractivity contribution >= 4 is 48.9 Å². The van der Waals surface area contributed by atoms with Gasteiger partial charge in [-0.05, 0) is 0 Å². The Morgan fingerprint density at radius 3 is 1.44 bits per heavy atom. The summed E-state index contributed by atoms with van der Waals surface area (Å²) in [6.45, 7) is 0. The zero-order valence-corrected chi connectivity index (χ0v) is 20.7. The molecule has 32 heavy (non-hydrogen) atoms. The zero-order valence-electron chi connectivity index (χ0n) is 17.3. The van der Waals surface area contributed by atoms with Crippen molar-refractivity contribution in [3.63, 3.8) is 0 Å². The van der Waals surface area contributed by atoms with E-state index < -0.39 is 5.51 Å². The molecule has 2 nitrogen and oxygen atoms in total. The second-order valence-electron chi connectivity index (χ2n) is 7.43. The van der Waals surface area contributed by atoms with E-state index >= 15 is 0 Å². The number of aromatic nitrogens is 2. The van der Waals surface area contributed by atoms with Crippen LogP contribution in [-0.4, -0.2) is 24.2 Å². The zero-order chi connectivity index (χ0) is 22.0. The van der Waals surface area contributed by atoms with Crippen LogP contribution in [0, 0.1) is 4.77 Å². The molecule has 0 spiro atoms. The van der Waals surface area contributed by atoms with Crippen molar-refractivity contribution in [3.05, 3.63) is 132 Å². The van der Waals surface area contributed by atoms with Crippen LogP contribution in [0.3, 0.4) is 0 Å². The molecule has 0 atom stereocenters. The third-order valence-corrected chi connectivity index (χ3v) is 12.7. The molecule has 0 amide bonds. The molecule has 5 rings (SSSR count). The van der Waals surface area contributed by atoms with Gasteiger partial charge in [-0.1, -0.05) is 0 Å². The predicted molar refractivity (Wildman–Crippen MR) is 140 cm³/mol. The number of benzene rings is 4. The molecule has 0 aliphatic heterocycles. The van der Waals surface area contributed by atoms with E-state index in [9.17, 15) is 0 Å². The molecular weight excluding hydrogens is 494 g/mol. The van der Waals surface area contributed by atoms with Gasteiger partial charge in [0.25, 0.3) is 0 Å².